The summed E-state index contributed by atoms with van der Waals surface area (Å²) in [7, 11) is 8.87. The van der Waals surface area contributed by atoms with Crippen LogP contribution in [0.25, 0.3) is 10.8 Å². The van der Waals surface area contributed by atoms with Crippen molar-refractivity contribution in [2.24, 2.45) is 59.8 Å². The Labute approximate surface area is 880 Å². The zero-order valence-electron chi connectivity index (χ0n) is 91.3. The lowest BCUT2D eigenvalue weighted by molar-refractivity contribution is -0.905. The monoisotopic (exact) mass is 2030 g/mol. The van der Waals surface area contributed by atoms with Crippen molar-refractivity contribution >= 4 is 38.1 Å². The van der Waals surface area contributed by atoms with E-state index < -0.39 is 14.8 Å². The van der Waals surface area contributed by atoms with Gasteiger partial charge in [0.25, 0.3) is 5.69 Å². The van der Waals surface area contributed by atoms with E-state index in [1.807, 2.05) is 199 Å². The Hall–Kier alpha value is -11.9. The molecule has 6 saturated carbocycles. The maximum absolute atomic E-state index is 10.8. The molecule has 8 heterocycles. The van der Waals surface area contributed by atoms with E-state index in [0.717, 1.165) is 108 Å². The third-order valence-corrected chi connectivity index (χ3v) is 29.2. The fourth-order valence-corrected chi connectivity index (χ4v) is 20.5. The van der Waals surface area contributed by atoms with Crippen LogP contribution in [-0.4, -0.2) is 160 Å². The third-order valence-electron chi connectivity index (χ3n) is 26.7. The van der Waals surface area contributed by atoms with E-state index in [9.17, 15) is 18.5 Å². The molecule has 6 bridgehead atoms. The fourth-order valence-electron chi connectivity index (χ4n) is 18.5. The summed E-state index contributed by atoms with van der Waals surface area (Å²) in [5.74, 6) is 14.8. The van der Waals surface area contributed by atoms with Crippen molar-refractivity contribution in [3.8, 4) is 23.0 Å². The van der Waals surface area contributed by atoms with Crippen molar-refractivity contribution in [1.82, 2.24) is 39.4 Å². The maximum atomic E-state index is 10.8. The average Bonchev–Trinajstić information content (AvgIpc) is 0.947. The van der Waals surface area contributed by atoms with E-state index in [1.165, 1.54) is 131 Å². The van der Waals surface area contributed by atoms with Gasteiger partial charge in [0.15, 0.2) is 9.84 Å². The second kappa shape index (κ2) is 69.3. The molecule has 4 atom stereocenters. The smallest absolute Gasteiger partial charge is 0.269 e. The Morgan fingerprint density at radius 3 is 1.45 bits per heavy atom. The van der Waals surface area contributed by atoms with Crippen LogP contribution in [0.2, 0.25) is 0 Å². The maximum Gasteiger partial charge on any atom is 0.269 e. The second-order valence-electron chi connectivity index (χ2n) is 40.5. The molecule has 790 valence electrons. The van der Waals surface area contributed by atoms with Gasteiger partial charge in [0, 0.05) is 103 Å². The number of nitro groups is 1. The molecular formula is C123H173N11O10S2+2. The van der Waals surface area contributed by atoms with Gasteiger partial charge >= 0.3 is 0 Å². The van der Waals surface area contributed by atoms with Gasteiger partial charge in [-0.25, -0.2) is 13.4 Å². The number of fused-ring (bicyclic) bond motifs is 3. The first-order chi connectivity index (χ1) is 70.0. The number of hydrogen-bond acceptors (Lipinski definition) is 18. The standard InChI is InChI=1S/C14H14O.C11H18.C11H10.C10H14OS.2C8H10O.C8H14.C7H7NO2.2C7H15N.2C6H8NO.2C6H7N.C5H11NO2S.C3H5N3/c1-12-7-5-6-10-14(12)15-11-13-8-3-2-4-9-13;1-11-5-8-2-9(6-11)4-10(3-8)7-11;1-9-6-7-10-4-2-3-5-11(10)8-9;1-3-12-8-9-4-6-10(11-2)7-5-9;1-7-3-5-8(9-2)6-4-7;1-2-7-3-5-8(9)6-4-7;1-6-4-7-2-3-8(6)5-7;1-6-2-4-7(5-3-6)8(9)10;1-7-3-5-8(2)6-4-7;1-7-4-3-5-8(2)6-7;1-6-2-4-7(8)5-3-6;1-6-3-2-4-7(8)5-6;1-6-2-4-7-5-3-6;1-6-3-2-4-7-5-6;1-6-2-4-9(7,8)5-3-6;1-6-3-4-2-5-6/h2-10H,11H2,1H3;8-10H,2-7H2,1H3;2-8H,1H3;4-7H,3,8H2,1-2H3;3-6H,1-2H3;3-6,9H,2H2,1H3;6-8H,2-5H2,1H3;2-5H,1H3;2*7H,3-6H2,1-2H3;2*2-5,8H,1H3;2*2-5H,1H3;2-5H2,1H3;2-3H,1H3/q;;;;;;;;;;2*+1;;;;/t;;;;;;6?,7-,8-;;;;;;;;;/m......1........./s1. The van der Waals surface area contributed by atoms with E-state index >= 15 is 0 Å². The van der Waals surface area contributed by atoms with Crippen LogP contribution >= 0.6 is 11.8 Å². The minimum absolute atomic E-state index is 0.144. The Kier molecular flexibility index (Phi) is 58.3. The van der Waals surface area contributed by atoms with Crippen LogP contribution in [0, 0.1) is 118 Å². The normalized spacial score (nSPS) is 19.0. The number of non-ortho nitro benzene ring substituents is 1. The number of pyridine rings is 4. The summed E-state index contributed by atoms with van der Waals surface area (Å²) in [4.78, 5) is 28.0. The number of aromatic hydroxyl groups is 1. The minimum atomic E-state index is -2.66. The third kappa shape index (κ3) is 54.0. The molecule has 0 amide bonds. The van der Waals surface area contributed by atoms with Crippen LogP contribution < -0.4 is 23.7 Å². The molecule has 21 nitrogen and oxygen atoms in total. The number of hydrogen-bond donors (Lipinski definition) is 3. The first-order valence-electron chi connectivity index (χ1n) is 52.1. The van der Waals surface area contributed by atoms with E-state index in [2.05, 4.69) is 179 Å². The summed E-state index contributed by atoms with van der Waals surface area (Å²) in [6, 6.07) is 78.3. The fraction of sp³-hybridized carbons (Fsp3) is 0.447. The topological polar surface area (TPSA) is 240 Å². The second-order valence-corrected chi connectivity index (χ2v) is 44.1. The Balaban J connectivity index is 0.000000239. The lowest BCUT2D eigenvalue weighted by Gasteiger charge is -2.55. The zero-order chi connectivity index (χ0) is 106. The molecule has 5 aromatic heterocycles. The number of para-hydroxylation sites is 1. The number of sulfone groups is 1. The molecular weight excluding hydrogens is 1860 g/mol. The SMILES string of the molecule is CC12CC3CC(CC(C3)C1)C2.CC1CCCN(C)C1.CC1CCN(C)CC1.CC1C[C@H]2CC[C@@H]1C2.CCSCc1ccc(OC)cc1.CCc1ccc(O)cc1.CN1CCS(=O)(=O)CC1.COc1ccc(C)cc1.Cc1cc[n+](O)cc1.Cc1ccc([N+](=O)[O-])cc1.Cc1ccc2ccccc2c1.Cc1ccc[n+](O)c1.Cc1ccccc1OCc1ccccc1.Cc1cccnc1.Cc1ccncc1.Cn1cncn1. The number of rotatable bonds is 10. The number of thioether (sulfide) groups is 1. The number of phenols is 1. The summed E-state index contributed by atoms with van der Waals surface area (Å²) in [5, 5.41) is 42.7. The molecule has 8 aromatic carbocycles. The quantitative estimate of drug-likeness (QED) is 0.0499. The molecule has 22 rings (SSSR count). The molecule has 6 aliphatic carbocycles. The molecule has 146 heavy (non-hydrogen) atoms. The summed E-state index contributed by atoms with van der Waals surface area (Å²) < 4.78 is 41.0. The van der Waals surface area contributed by atoms with Gasteiger partial charge in [0.05, 0.1) is 30.6 Å². The molecule has 0 radical (unpaired) electrons. The van der Waals surface area contributed by atoms with Crippen LogP contribution in [0.15, 0.2) is 305 Å². The largest absolute Gasteiger partial charge is 0.508 e. The van der Waals surface area contributed by atoms with Gasteiger partial charge < -0.3 is 34.0 Å². The predicted molar refractivity (Wildman–Crippen MR) is 603 cm³/mol. The van der Waals surface area contributed by atoms with Gasteiger partial charge in [-0.15, -0.1) is 0 Å². The number of aromatic nitrogens is 7. The van der Waals surface area contributed by atoms with E-state index in [0.29, 0.717) is 37.0 Å². The van der Waals surface area contributed by atoms with Gasteiger partial charge in [0.1, 0.15) is 42.3 Å². The average molecular weight is 2030 g/mol. The molecule has 3 N–H and O–H groups in total. The number of benzene rings is 8. The van der Waals surface area contributed by atoms with Gasteiger partial charge in [-0.1, -0.05) is 210 Å². The van der Waals surface area contributed by atoms with E-state index in [-0.39, 0.29) is 5.69 Å². The Bertz CT molecular complexity index is 5530. The van der Waals surface area contributed by atoms with Gasteiger partial charge in [-0.2, -0.15) is 16.9 Å². The number of ether oxygens (including phenoxy) is 3. The van der Waals surface area contributed by atoms with Crippen molar-refractivity contribution in [3.63, 3.8) is 0 Å². The summed E-state index contributed by atoms with van der Waals surface area (Å²) in [6.45, 7) is 37.2. The van der Waals surface area contributed by atoms with Gasteiger partial charge in [0.2, 0.25) is 24.8 Å². The number of methoxy groups -OCH3 is 2. The summed E-state index contributed by atoms with van der Waals surface area (Å²) in [5.41, 5.74) is 14.2. The molecule has 9 fully saturated rings. The molecule has 23 heteroatoms. The molecule has 9 aliphatic rings. The highest BCUT2D eigenvalue weighted by Crippen LogP contribution is 2.59. The molecule has 2 unspecified atom stereocenters. The highest BCUT2D eigenvalue weighted by Gasteiger charge is 2.48. The Morgan fingerprint density at radius 2 is 1.03 bits per heavy atom. The van der Waals surface area contributed by atoms with Crippen molar-refractivity contribution in [2.75, 3.05) is 91.9 Å². The number of phenolic OH excluding ortho intramolecular Hbond substituents is 1. The van der Waals surface area contributed by atoms with E-state index in [1.54, 1.807) is 163 Å². The predicted octanol–water partition coefficient (Wildman–Crippen LogP) is 26.9. The number of nitro benzene ring substituents is 1. The molecule has 0 spiro atoms. The highest BCUT2D eigenvalue weighted by molar-refractivity contribution is 7.98. The molecule has 3 aliphatic heterocycles. The van der Waals surface area contributed by atoms with Crippen LogP contribution in [0.4, 0.5) is 5.69 Å². The molecule has 3 saturated heterocycles. The number of piperidine rings is 2. The van der Waals surface area contributed by atoms with Crippen LogP contribution in [-0.2, 0) is 35.7 Å². The first kappa shape index (κ1) is 123. The lowest BCUT2D eigenvalue weighted by atomic mass is 9.50. The van der Waals surface area contributed by atoms with Gasteiger partial charge in [-0.3, -0.25) is 35.2 Å². The van der Waals surface area contributed by atoms with Gasteiger partial charge in [-0.05, 0) is 361 Å². The minimum Gasteiger partial charge on any atom is -0.508 e. The first-order valence-corrected chi connectivity index (χ1v) is 55.1. The van der Waals surface area contributed by atoms with E-state index in [4.69, 9.17) is 29.7 Å². The number of nitrogens with zero attached hydrogens (tertiary/aromatic N) is 11. The van der Waals surface area contributed by atoms with Crippen LogP contribution in [0.5, 0.6) is 23.0 Å². The lowest BCUT2D eigenvalue weighted by Crippen LogP contribution is -2.44. The number of aryl methyl sites for hydroxylation is 10. The van der Waals surface area contributed by atoms with Crippen molar-refractivity contribution in [2.45, 2.75) is 206 Å². The number of likely N-dealkylation sites (tertiary alicyclic amines) is 2. The van der Waals surface area contributed by atoms with Crippen LogP contribution in [0.3, 0.4) is 0 Å². The van der Waals surface area contributed by atoms with Crippen molar-refractivity contribution < 1.29 is 52.5 Å². The zero-order valence-corrected chi connectivity index (χ0v) is 92.9. The van der Waals surface area contributed by atoms with Crippen LogP contribution in [0.1, 0.15) is 193 Å². The Morgan fingerprint density at radius 1 is 0.486 bits per heavy atom. The molecule has 13 aromatic rings. The highest BCUT2D eigenvalue weighted by atomic mass is 32.2. The van der Waals surface area contributed by atoms with Crippen molar-refractivity contribution in [1.29, 1.82) is 0 Å². The van der Waals surface area contributed by atoms with Crippen molar-refractivity contribution in [3.05, 3.63) is 376 Å². The summed E-state index contributed by atoms with van der Waals surface area (Å²) in [6.07, 6.45) is 39.1. The summed E-state index contributed by atoms with van der Waals surface area (Å²) >= 11 is 1.93.